The number of nitrogens with one attached hydrogen (secondary N) is 3. The van der Waals surface area contributed by atoms with Crippen molar-refractivity contribution in [2.24, 2.45) is 7.05 Å². The monoisotopic (exact) mass is 425 g/mol. The van der Waals surface area contributed by atoms with E-state index in [-0.39, 0.29) is 36.5 Å². The molecule has 160 valence electrons. The Morgan fingerprint density at radius 2 is 2.06 bits per heavy atom. The van der Waals surface area contributed by atoms with Crippen LogP contribution in [0.3, 0.4) is 0 Å². The highest BCUT2D eigenvalue weighted by molar-refractivity contribution is 5.76. The molecule has 0 saturated heterocycles. The Hall–Kier alpha value is -4.02. The molecule has 0 unspecified atom stereocenters. The first kappa shape index (κ1) is 20.3. The summed E-state index contributed by atoms with van der Waals surface area (Å²) in [5.74, 6) is 0.430. The number of hydrogen-bond acceptors (Lipinski definition) is 5. The number of imidazole rings is 2. The molecule has 0 aliphatic carbocycles. The average molecular weight is 425 g/mol. The number of aromatic amines is 2. The lowest BCUT2D eigenvalue weighted by molar-refractivity contribution is -0.121. The topological polar surface area (TPSA) is 130 Å². The van der Waals surface area contributed by atoms with E-state index in [4.69, 9.17) is 0 Å². The van der Waals surface area contributed by atoms with Gasteiger partial charge in [0.25, 0.3) is 5.56 Å². The quantitative estimate of drug-likeness (QED) is 0.421. The Morgan fingerprint density at radius 1 is 1.26 bits per heavy atom. The molecule has 3 heterocycles. The van der Waals surface area contributed by atoms with E-state index in [0.717, 1.165) is 0 Å². The Labute approximate surface area is 174 Å². The lowest BCUT2D eigenvalue weighted by Gasteiger charge is -2.09. The van der Waals surface area contributed by atoms with E-state index in [9.17, 15) is 18.8 Å². The van der Waals surface area contributed by atoms with Gasteiger partial charge in [0.2, 0.25) is 5.91 Å². The molecule has 0 bridgehead atoms. The summed E-state index contributed by atoms with van der Waals surface area (Å²) < 4.78 is 17.3. The average Bonchev–Trinajstić information content (AvgIpc) is 3.36. The van der Waals surface area contributed by atoms with Gasteiger partial charge in [0.05, 0.1) is 5.69 Å². The van der Waals surface area contributed by atoms with Crippen molar-refractivity contribution in [3.05, 3.63) is 74.5 Å². The smallest absolute Gasteiger partial charge is 0.329 e. The summed E-state index contributed by atoms with van der Waals surface area (Å²) in [4.78, 5) is 49.0. The van der Waals surface area contributed by atoms with Crippen LogP contribution in [0.15, 0.2) is 40.2 Å². The number of halogens is 1. The lowest BCUT2D eigenvalue weighted by Crippen LogP contribution is -2.28. The van der Waals surface area contributed by atoms with Crippen LogP contribution in [0.1, 0.15) is 23.6 Å². The number of benzene rings is 1. The minimum Gasteiger partial charge on any atom is -0.352 e. The fourth-order valence-electron chi connectivity index (χ4n) is 3.28. The van der Waals surface area contributed by atoms with E-state index in [1.807, 2.05) is 0 Å². The number of carbonyl (C=O) groups is 1. The number of rotatable bonds is 6. The first-order valence-electron chi connectivity index (χ1n) is 9.57. The third-order valence-corrected chi connectivity index (χ3v) is 4.98. The molecule has 0 radical (unpaired) electrons. The van der Waals surface area contributed by atoms with Crippen LogP contribution in [-0.4, -0.2) is 35.0 Å². The third-order valence-electron chi connectivity index (χ3n) is 4.98. The second-order valence-electron chi connectivity index (χ2n) is 7.11. The molecule has 1 aromatic carbocycles. The van der Waals surface area contributed by atoms with E-state index in [1.165, 1.54) is 17.7 Å². The molecule has 10 nitrogen and oxygen atoms in total. The summed E-state index contributed by atoms with van der Waals surface area (Å²) in [5, 5.41) is 2.74. The molecule has 0 aliphatic heterocycles. The summed E-state index contributed by atoms with van der Waals surface area (Å²) >= 11 is 0. The predicted octanol–water partition coefficient (Wildman–Crippen LogP) is 0.832. The summed E-state index contributed by atoms with van der Waals surface area (Å²) in [6, 6.07) is 4.76. The fraction of sp³-hybridized carbons (Fsp3) is 0.250. The van der Waals surface area contributed by atoms with Crippen molar-refractivity contribution in [1.29, 1.82) is 0 Å². The van der Waals surface area contributed by atoms with Crippen molar-refractivity contribution >= 4 is 17.1 Å². The molecule has 0 aliphatic rings. The maximum atomic E-state index is 14.5. The van der Waals surface area contributed by atoms with Crippen LogP contribution in [0.2, 0.25) is 0 Å². The second kappa shape index (κ2) is 8.01. The van der Waals surface area contributed by atoms with Crippen molar-refractivity contribution in [3.8, 4) is 5.69 Å². The number of fused-ring (bicyclic) bond motifs is 1. The van der Waals surface area contributed by atoms with Gasteiger partial charge in [-0.05, 0) is 24.6 Å². The molecule has 3 aromatic heterocycles. The zero-order chi connectivity index (χ0) is 22.1. The van der Waals surface area contributed by atoms with Crippen molar-refractivity contribution in [2.45, 2.75) is 26.3 Å². The maximum absolute atomic E-state index is 14.5. The van der Waals surface area contributed by atoms with E-state index in [2.05, 4.69) is 25.3 Å². The van der Waals surface area contributed by atoms with Crippen molar-refractivity contribution < 1.29 is 9.18 Å². The van der Waals surface area contributed by atoms with Crippen molar-refractivity contribution in [1.82, 2.24) is 34.4 Å². The number of aryl methyl sites for hydroxylation is 3. The van der Waals surface area contributed by atoms with E-state index in [0.29, 0.717) is 22.9 Å². The van der Waals surface area contributed by atoms with Gasteiger partial charge in [-0.15, -0.1) is 0 Å². The fourth-order valence-corrected chi connectivity index (χ4v) is 3.28. The van der Waals surface area contributed by atoms with Gasteiger partial charge < -0.3 is 14.9 Å². The SMILES string of the molecule is Cc1nccn1-c1ccc(CNC(=O)CCc2nc3c([nH]2)c(=O)[nH]c(=O)n3C)cc1F. The van der Waals surface area contributed by atoms with Crippen molar-refractivity contribution in [3.63, 3.8) is 0 Å². The number of carbonyl (C=O) groups excluding carboxylic acids is 1. The van der Waals surface area contributed by atoms with Crippen LogP contribution in [0.25, 0.3) is 16.9 Å². The molecular weight excluding hydrogens is 405 g/mol. The Bertz CT molecular complexity index is 1400. The molecule has 1 amide bonds. The minimum absolute atomic E-state index is 0.112. The number of aromatic nitrogens is 6. The van der Waals surface area contributed by atoms with E-state index < -0.39 is 17.1 Å². The molecule has 0 spiro atoms. The van der Waals surface area contributed by atoms with Gasteiger partial charge in [-0.1, -0.05) is 6.07 Å². The van der Waals surface area contributed by atoms with E-state index >= 15 is 0 Å². The molecule has 4 aromatic rings. The first-order chi connectivity index (χ1) is 14.8. The highest BCUT2D eigenvalue weighted by atomic mass is 19.1. The largest absolute Gasteiger partial charge is 0.352 e. The zero-order valence-corrected chi connectivity index (χ0v) is 16.9. The molecule has 11 heteroatoms. The standard InChI is InChI=1S/C20H20FN7O3/c1-11-22-7-8-28(11)14-4-3-12(9-13(14)21)10-23-16(29)6-5-15-24-17-18(25-15)27(2)20(31)26-19(17)30/h3-4,7-9H,5-6,10H2,1-2H3,(H,23,29)(H,24,25)(H,26,30,31). The number of amides is 1. The van der Waals surface area contributed by atoms with E-state index in [1.54, 1.807) is 36.0 Å². The predicted molar refractivity (Wildman–Crippen MR) is 110 cm³/mol. The third kappa shape index (κ3) is 4.02. The normalized spacial score (nSPS) is 11.2. The van der Waals surface area contributed by atoms with Crippen LogP contribution >= 0.6 is 0 Å². The molecule has 4 rings (SSSR count). The first-order valence-corrected chi connectivity index (χ1v) is 9.57. The number of H-pyrrole nitrogens is 2. The highest BCUT2D eigenvalue weighted by Gasteiger charge is 2.12. The summed E-state index contributed by atoms with van der Waals surface area (Å²) in [6.07, 6.45) is 3.64. The second-order valence-corrected chi connectivity index (χ2v) is 7.11. The van der Waals surface area contributed by atoms with Crippen LogP contribution in [0.4, 0.5) is 4.39 Å². The van der Waals surface area contributed by atoms with Gasteiger partial charge in [-0.25, -0.2) is 19.2 Å². The van der Waals surface area contributed by atoms with Crippen LogP contribution in [-0.2, 0) is 24.8 Å². The van der Waals surface area contributed by atoms with Gasteiger partial charge in [-0.2, -0.15) is 0 Å². The van der Waals surface area contributed by atoms with Crippen LogP contribution < -0.4 is 16.6 Å². The van der Waals surface area contributed by atoms with Crippen LogP contribution in [0.5, 0.6) is 0 Å². The summed E-state index contributed by atoms with van der Waals surface area (Å²) in [5.41, 5.74) is 0.304. The van der Waals surface area contributed by atoms with Gasteiger partial charge in [0.1, 0.15) is 23.0 Å². The molecule has 3 N–H and O–H groups in total. The Balaban J connectivity index is 1.37. The van der Waals surface area contributed by atoms with Gasteiger partial charge in [0.15, 0.2) is 5.65 Å². The zero-order valence-electron chi connectivity index (χ0n) is 16.9. The highest BCUT2D eigenvalue weighted by Crippen LogP contribution is 2.17. The molecule has 0 atom stereocenters. The Morgan fingerprint density at radius 3 is 2.77 bits per heavy atom. The van der Waals surface area contributed by atoms with Crippen LogP contribution in [0, 0.1) is 12.7 Å². The minimum atomic E-state index is -0.560. The lowest BCUT2D eigenvalue weighted by atomic mass is 10.2. The Kier molecular flexibility index (Phi) is 5.24. The molecule has 0 saturated carbocycles. The van der Waals surface area contributed by atoms with Gasteiger partial charge in [0, 0.05) is 38.8 Å². The molecule has 0 fully saturated rings. The van der Waals surface area contributed by atoms with Crippen molar-refractivity contribution in [2.75, 3.05) is 0 Å². The molecule has 31 heavy (non-hydrogen) atoms. The maximum Gasteiger partial charge on any atom is 0.329 e. The van der Waals surface area contributed by atoms with Gasteiger partial charge >= 0.3 is 5.69 Å². The summed E-state index contributed by atoms with van der Waals surface area (Å²) in [6.45, 7) is 1.96. The molecular formula is C20H20FN7O3. The number of hydrogen-bond donors (Lipinski definition) is 3. The summed E-state index contributed by atoms with van der Waals surface area (Å²) in [7, 11) is 1.50. The number of nitrogens with zero attached hydrogens (tertiary/aromatic N) is 4. The van der Waals surface area contributed by atoms with Gasteiger partial charge in [-0.3, -0.25) is 19.1 Å².